The first-order valence-electron chi connectivity index (χ1n) is 10.2. The topological polar surface area (TPSA) is 83.1 Å². The molecule has 7 heteroatoms. The Morgan fingerprint density at radius 2 is 1.97 bits per heavy atom. The van der Waals surface area contributed by atoms with Gasteiger partial charge in [-0.05, 0) is 44.1 Å². The van der Waals surface area contributed by atoms with Gasteiger partial charge in [-0.2, -0.15) is 0 Å². The van der Waals surface area contributed by atoms with Crippen molar-refractivity contribution in [1.29, 1.82) is 0 Å². The van der Waals surface area contributed by atoms with Gasteiger partial charge in [-0.25, -0.2) is 9.97 Å². The van der Waals surface area contributed by atoms with Crippen LogP contribution in [0.15, 0.2) is 36.5 Å². The molecule has 0 aliphatic rings. The van der Waals surface area contributed by atoms with E-state index in [0.717, 1.165) is 43.7 Å². The van der Waals surface area contributed by atoms with Crippen LogP contribution in [0.25, 0.3) is 11.0 Å². The molecule has 0 saturated heterocycles. The Hall–Kier alpha value is -2.93. The minimum absolute atomic E-state index is 0.247. The Labute approximate surface area is 171 Å². The lowest BCUT2D eigenvalue weighted by atomic mass is 10.2. The number of hydrogen-bond donors (Lipinski definition) is 2. The molecule has 0 aliphatic carbocycles. The molecule has 0 unspecified atom stereocenters. The van der Waals surface area contributed by atoms with Crippen LogP contribution in [0.2, 0.25) is 0 Å². The maximum Gasteiger partial charge on any atom is 0.260 e. The number of pyridine rings is 2. The third-order valence-corrected chi connectivity index (χ3v) is 4.92. The van der Waals surface area contributed by atoms with E-state index in [0.29, 0.717) is 29.4 Å². The van der Waals surface area contributed by atoms with Gasteiger partial charge >= 0.3 is 0 Å². The number of anilines is 1. The lowest BCUT2D eigenvalue weighted by molar-refractivity contribution is 0.102. The Bertz CT molecular complexity index is 949. The van der Waals surface area contributed by atoms with Crippen molar-refractivity contribution in [1.82, 2.24) is 19.9 Å². The number of carbonyl (C=O) groups excluding carboxylic acids is 1. The van der Waals surface area contributed by atoms with E-state index in [2.05, 4.69) is 39.0 Å². The highest BCUT2D eigenvalue weighted by Crippen LogP contribution is 2.21. The Morgan fingerprint density at radius 3 is 2.72 bits per heavy atom. The summed E-state index contributed by atoms with van der Waals surface area (Å²) in [5.41, 5.74) is 2.79. The molecule has 154 valence electrons. The molecule has 7 nitrogen and oxygen atoms in total. The van der Waals surface area contributed by atoms with Crippen molar-refractivity contribution in [2.24, 2.45) is 0 Å². The molecule has 0 atom stereocenters. The van der Waals surface area contributed by atoms with E-state index in [1.165, 1.54) is 0 Å². The maximum atomic E-state index is 12.7. The molecule has 0 radical (unpaired) electrons. The number of ether oxygens (including phenoxy) is 1. The van der Waals surface area contributed by atoms with Gasteiger partial charge < -0.3 is 19.9 Å². The number of rotatable bonds is 10. The van der Waals surface area contributed by atoms with Crippen molar-refractivity contribution in [3.63, 3.8) is 0 Å². The van der Waals surface area contributed by atoms with Crippen molar-refractivity contribution < 1.29 is 9.53 Å². The van der Waals surface area contributed by atoms with Gasteiger partial charge in [0.1, 0.15) is 11.3 Å². The smallest absolute Gasteiger partial charge is 0.260 e. The van der Waals surface area contributed by atoms with Crippen molar-refractivity contribution in [3.8, 4) is 5.88 Å². The van der Waals surface area contributed by atoms with Crippen LogP contribution in [-0.2, 0) is 6.42 Å². The quantitative estimate of drug-likeness (QED) is 0.509. The first-order valence-corrected chi connectivity index (χ1v) is 10.2. The first-order chi connectivity index (χ1) is 14.1. The van der Waals surface area contributed by atoms with Gasteiger partial charge in [0.25, 0.3) is 5.91 Å². The third-order valence-electron chi connectivity index (χ3n) is 4.92. The molecule has 3 aromatic heterocycles. The summed E-state index contributed by atoms with van der Waals surface area (Å²) >= 11 is 0. The van der Waals surface area contributed by atoms with Crippen molar-refractivity contribution in [2.45, 2.75) is 33.6 Å². The van der Waals surface area contributed by atoms with Gasteiger partial charge in [-0.1, -0.05) is 26.8 Å². The number of aryl methyl sites for hydroxylation is 1. The SMILES string of the molecule is CCc1cccc(NC(=O)c2c[nH]c3ccc(OCCCN(CC)CC)nc23)n1. The summed E-state index contributed by atoms with van der Waals surface area (Å²) in [6.45, 7) is 10.0. The molecule has 3 heterocycles. The Balaban J connectivity index is 1.67. The minimum Gasteiger partial charge on any atom is -0.478 e. The average molecular weight is 396 g/mol. The molecule has 0 bridgehead atoms. The van der Waals surface area contributed by atoms with Crippen LogP contribution >= 0.6 is 0 Å². The molecule has 1 amide bonds. The number of carbonyl (C=O) groups is 1. The summed E-state index contributed by atoms with van der Waals surface area (Å²) in [7, 11) is 0. The highest BCUT2D eigenvalue weighted by molar-refractivity contribution is 6.11. The van der Waals surface area contributed by atoms with E-state index in [-0.39, 0.29) is 5.91 Å². The number of H-pyrrole nitrogens is 1. The lowest BCUT2D eigenvalue weighted by Crippen LogP contribution is -2.25. The maximum absolute atomic E-state index is 12.7. The van der Waals surface area contributed by atoms with Gasteiger partial charge in [0.15, 0.2) is 0 Å². The molecule has 2 N–H and O–H groups in total. The fraction of sp³-hybridized carbons (Fsp3) is 0.409. The zero-order chi connectivity index (χ0) is 20.6. The monoisotopic (exact) mass is 395 g/mol. The number of aromatic nitrogens is 3. The highest BCUT2D eigenvalue weighted by Gasteiger charge is 2.15. The molecular weight excluding hydrogens is 366 g/mol. The molecule has 0 aliphatic heterocycles. The lowest BCUT2D eigenvalue weighted by Gasteiger charge is -2.17. The van der Waals surface area contributed by atoms with Crippen LogP contribution in [0, 0.1) is 0 Å². The summed E-state index contributed by atoms with van der Waals surface area (Å²) in [4.78, 5) is 27.2. The van der Waals surface area contributed by atoms with Gasteiger partial charge in [0, 0.05) is 24.5 Å². The molecule has 0 aromatic carbocycles. The third kappa shape index (κ3) is 5.32. The number of nitrogens with zero attached hydrogens (tertiary/aromatic N) is 3. The first kappa shape index (κ1) is 20.8. The van der Waals surface area contributed by atoms with Crippen molar-refractivity contribution in [2.75, 3.05) is 31.6 Å². The summed E-state index contributed by atoms with van der Waals surface area (Å²) in [5, 5.41) is 2.85. The second-order valence-electron chi connectivity index (χ2n) is 6.80. The standard InChI is InChI=1S/C22H29N5O2/c1-4-16-9-7-10-19(24-16)25-22(28)17-15-23-18-11-12-20(26-21(17)18)29-14-8-13-27(5-2)6-3/h7,9-12,15,23H,4-6,8,13-14H2,1-3H3,(H,24,25,28). The van der Waals surface area contributed by atoms with Gasteiger partial charge in [0.2, 0.25) is 5.88 Å². The van der Waals surface area contributed by atoms with E-state index in [9.17, 15) is 4.79 Å². The van der Waals surface area contributed by atoms with E-state index in [1.807, 2.05) is 31.2 Å². The molecule has 3 rings (SSSR count). The summed E-state index contributed by atoms with van der Waals surface area (Å²) in [5.74, 6) is 0.812. The van der Waals surface area contributed by atoms with Crippen LogP contribution in [-0.4, -0.2) is 52.0 Å². The van der Waals surface area contributed by atoms with Crippen molar-refractivity contribution in [3.05, 3.63) is 47.8 Å². The average Bonchev–Trinajstić information content (AvgIpc) is 3.17. The molecule has 0 saturated carbocycles. The largest absolute Gasteiger partial charge is 0.478 e. The van der Waals surface area contributed by atoms with E-state index in [4.69, 9.17) is 4.74 Å². The van der Waals surface area contributed by atoms with Gasteiger partial charge in [-0.15, -0.1) is 0 Å². The predicted octanol–water partition coefficient (Wildman–Crippen LogP) is 3.88. The molecule has 3 aromatic rings. The molecule has 29 heavy (non-hydrogen) atoms. The summed E-state index contributed by atoms with van der Waals surface area (Å²) in [6.07, 6.45) is 3.41. The van der Waals surface area contributed by atoms with Crippen LogP contribution < -0.4 is 10.1 Å². The van der Waals surface area contributed by atoms with E-state index < -0.39 is 0 Å². The number of amides is 1. The van der Waals surface area contributed by atoms with E-state index in [1.54, 1.807) is 12.3 Å². The van der Waals surface area contributed by atoms with Gasteiger partial charge in [0.05, 0.1) is 17.7 Å². The Morgan fingerprint density at radius 1 is 1.14 bits per heavy atom. The van der Waals surface area contributed by atoms with Crippen LogP contribution in [0.5, 0.6) is 5.88 Å². The normalized spacial score (nSPS) is 11.2. The second kappa shape index (κ2) is 10.0. The van der Waals surface area contributed by atoms with Crippen LogP contribution in [0.3, 0.4) is 0 Å². The zero-order valence-electron chi connectivity index (χ0n) is 17.4. The Kier molecular flexibility index (Phi) is 7.19. The van der Waals surface area contributed by atoms with Crippen LogP contribution in [0.1, 0.15) is 43.2 Å². The number of hydrogen-bond acceptors (Lipinski definition) is 5. The highest BCUT2D eigenvalue weighted by atomic mass is 16.5. The molecule has 0 fully saturated rings. The predicted molar refractivity (Wildman–Crippen MR) is 116 cm³/mol. The van der Waals surface area contributed by atoms with Crippen LogP contribution in [0.4, 0.5) is 5.82 Å². The zero-order valence-corrected chi connectivity index (χ0v) is 17.4. The number of fused-ring (bicyclic) bond motifs is 1. The molecule has 0 spiro atoms. The fourth-order valence-corrected chi connectivity index (χ4v) is 3.17. The summed E-state index contributed by atoms with van der Waals surface area (Å²) in [6, 6.07) is 9.31. The number of nitrogens with one attached hydrogen (secondary N) is 2. The summed E-state index contributed by atoms with van der Waals surface area (Å²) < 4.78 is 5.81. The van der Waals surface area contributed by atoms with E-state index >= 15 is 0 Å². The number of aromatic amines is 1. The molecular formula is C22H29N5O2. The van der Waals surface area contributed by atoms with Crippen molar-refractivity contribution >= 4 is 22.8 Å². The van der Waals surface area contributed by atoms with Gasteiger partial charge in [-0.3, -0.25) is 4.79 Å². The second-order valence-corrected chi connectivity index (χ2v) is 6.80. The minimum atomic E-state index is -0.247. The fourth-order valence-electron chi connectivity index (χ4n) is 3.17.